The number of fused-ring (bicyclic) bond motifs is 2. The number of carbonyl (C=O) groups excluding carboxylic acids is 1. The SMILES string of the molecule is Cc1cccc(-c2cccc3[nH]c(-c4n[nH]c5ccc(-c6cncc(NC(=O)CN(C)C)c6)nc45)nc23)c1. The Labute approximate surface area is 219 Å². The van der Waals surface area contributed by atoms with Crippen molar-refractivity contribution in [1.29, 1.82) is 0 Å². The number of likely N-dealkylation sites (N-methyl/N-ethyl adjacent to an activating group) is 1. The normalized spacial score (nSPS) is 11.5. The zero-order chi connectivity index (χ0) is 26.2. The number of hydrogen-bond acceptors (Lipinski definition) is 6. The van der Waals surface area contributed by atoms with E-state index in [4.69, 9.17) is 9.97 Å². The minimum atomic E-state index is -0.107. The molecule has 0 saturated carbocycles. The molecular formula is C29H26N8O. The highest BCUT2D eigenvalue weighted by Crippen LogP contribution is 2.32. The first-order valence-electron chi connectivity index (χ1n) is 12.3. The maximum Gasteiger partial charge on any atom is 0.238 e. The molecule has 6 aromatic rings. The van der Waals surface area contributed by atoms with Crippen LogP contribution in [-0.2, 0) is 4.79 Å². The van der Waals surface area contributed by atoms with Crippen LogP contribution in [0.1, 0.15) is 5.56 Å². The average molecular weight is 503 g/mol. The van der Waals surface area contributed by atoms with Gasteiger partial charge < -0.3 is 15.2 Å². The number of aromatic amines is 2. The van der Waals surface area contributed by atoms with Gasteiger partial charge in [0.15, 0.2) is 11.5 Å². The monoisotopic (exact) mass is 502 g/mol. The minimum absolute atomic E-state index is 0.107. The highest BCUT2D eigenvalue weighted by molar-refractivity contribution is 5.96. The summed E-state index contributed by atoms with van der Waals surface area (Å²) in [7, 11) is 3.70. The molecule has 4 aromatic heterocycles. The van der Waals surface area contributed by atoms with Crippen LogP contribution in [0.3, 0.4) is 0 Å². The molecule has 0 bridgehead atoms. The van der Waals surface area contributed by atoms with E-state index in [2.05, 4.69) is 62.7 Å². The van der Waals surface area contributed by atoms with Gasteiger partial charge >= 0.3 is 0 Å². The third-order valence-corrected chi connectivity index (χ3v) is 6.25. The van der Waals surface area contributed by atoms with E-state index in [-0.39, 0.29) is 12.5 Å². The zero-order valence-electron chi connectivity index (χ0n) is 21.3. The smallest absolute Gasteiger partial charge is 0.238 e. The predicted molar refractivity (Wildman–Crippen MR) is 150 cm³/mol. The van der Waals surface area contributed by atoms with E-state index in [1.807, 2.05) is 49.3 Å². The van der Waals surface area contributed by atoms with Gasteiger partial charge in [0.1, 0.15) is 5.52 Å². The molecule has 0 spiro atoms. The molecule has 0 fully saturated rings. The van der Waals surface area contributed by atoms with Gasteiger partial charge in [0, 0.05) is 17.3 Å². The van der Waals surface area contributed by atoms with Crippen molar-refractivity contribution in [2.24, 2.45) is 0 Å². The third-order valence-electron chi connectivity index (χ3n) is 6.25. The molecular weight excluding hydrogens is 476 g/mol. The summed E-state index contributed by atoms with van der Waals surface area (Å²) in [6.07, 6.45) is 3.35. The van der Waals surface area contributed by atoms with Crippen molar-refractivity contribution in [2.75, 3.05) is 26.0 Å². The summed E-state index contributed by atoms with van der Waals surface area (Å²) in [5.41, 5.74) is 9.42. The average Bonchev–Trinajstić information content (AvgIpc) is 3.52. The molecule has 188 valence electrons. The molecule has 38 heavy (non-hydrogen) atoms. The first kappa shape index (κ1) is 23.5. The molecule has 0 unspecified atom stereocenters. The highest BCUT2D eigenvalue weighted by atomic mass is 16.2. The van der Waals surface area contributed by atoms with Crippen LogP contribution in [0.2, 0.25) is 0 Å². The minimum Gasteiger partial charge on any atom is -0.336 e. The molecule has 9 nitrogen and oxygen atoms in total. The van der Waals surface area contributed by atoms with Crippen molar-refractivity contribution in [3.05, 3.63) is 78.6 Å². The second-order valence-electron chi connectivity index (χ2n) is 9.57. The Bertz CT molecular complexity index is 1800. The number of carbonyl (C=O) groups is 1. The van der Waals surface area contributed by atoms with Gasteiger partial charge in [-0.15, -0.1) is 0 Å². The molecule has 0 radical (unpaired) electrons. The number of imidazole rings is 1. The number of aryl methyl sites for hydroxylation is 1. The number of nitrogens with one attached hydrogen (secondary N) is 3. The second kappa shape index (κ2) is 9.53. The van der Waals surface area contributed by atoms with Crippen molar-refractivity contribution >= 4 is 33.7 Å². The van der Waals surface area contributed by atoms with E-state index in [9.17, 15) is 4.79 Å². The summed E-state index contributed by atoms with van der Waals surface area (Å²) in [5.74, 6) is 0.531. The van der Waals surface area contributed by atoms with Crippen molar-refractivity contribution in [1.82, 2.24) is 35.0 Å². The van der Waals surface area contributed by atoms with Crippen molar-refractivity contribution in [2.45, 2.75) is 6.92 Å². The number of anilines is 1. The van der Waals surface area contributed by atoms with Gasteiger partial charge in [0.05, 0.1) is 40.7 Å². The van der Waals surface area contributed by atoms with E-state index < -0.39 is 0 Å². The van der Waals surface area contributed by atoms with Gasteiger partial charge in [-0.05, 0) is 50.8 Å². The Morgan fingerprint density at radius 3 is 2.63 bits per heavy atom. The molecule has 0 saturated heterocycles. The Morgan fingerprint density at radius 2 is 1.79 bits per heavy atom. The van der Waals surface area contributed by atoms with E-state index in [0.29, 0.717) is 28.4 Å². The fourth-order valence-electron chi connectivity index (χ4n) is 4.55. The van der Waals surface area contributed by atoms with E-state index in [1.54, 1.807) is 12.4 Å². The Morgan fingerprint density at radius 1 is 0.921 bits per heavy atom. The number of amides is 1. The standard InChI is InChI=1S/C29H26N8O/c1-17-6-4-7-18(12-17)21-8-5-9-23-26(21)34-29(33-23)28-27-24(35-36-28)11-10-22(32-27)19-13-20(15-30-14-19)31-25(38)16-37(2)3/h4-15H,16H2,1-3H3,(H,31,38)(H,33,34)(H,35,36). The molecule has 0 aliphatic rings. The molecule has 9 heteroatoms. The lowest BCUT2D eigenvalue weighted by Crippen LogP contribution is -2.27. The summed E-state index contributed by atoms with van der Waals surface area (Å²) in [6, 6.07) is 20.2. The fourth-order valence-corrected chi connectivity index (χ4v) is 4.55. The molecule has 0 aliphatic carbocycles. The van der Waals surface area contributed by atoms with Crippen molar-refractivity contribution in [3.63, 3.8) is 0 Å². The third kappa shape index (κ3) is 4.51. The summed E-state index contributed by atoms with van der Waals surface area (Å²) in [4.78, 5) is 31.6. The Kier molecular flexibility index (Phi) is 5.89. The van der Waals surface area contributed by atoms with Crippen LogP contribution in [0.4, 0.5) is 5.69 Å². The highest BCUT2D eigenvalue weighted by Gasteiger charge is 2.17. The van der Waals surface area contributed by atoms with Gasteiger partial charge in [0.25, 0.3) is 0 Å². The van der Waals surface area contributed by atoms with Crippen LogP contribution in [0, 0.1) is 6.92 Å². The zero-order valence-corrected chi connectivity index (χ0v) is 21.3. The van der Waals surface area contributed by atoms with E-state index in [1.165, 1.54) is 5.56 Å². The second-order valence-corrected chi connectivity index (χ2v) is 9.57. The summed E-state index contributed by atoms with van der Waals surface area (Å²) in [5, 5.41) is 10.5. The van der Waals surface area contributed by atoms with Crippen LogP contribution >= 0.6 is 0 Å². The van der Waals surface area contributed by atoms with Crippen LogP contribution in [0.15, 0.2) is 73.1 Å². The topological polar surface area (TPSA) is 115 Å². The lowest BCUT2D eigenvalue weighted by Gasteiger charge is -2.10. The molecule has 1 amide bonds. The van der Waals surface area contributed by atoms with Crippen LogP contribution in [0.25, 0.3) is 56.0 Å². The maximum atomic E-state index is 12.2. The predicted octanol–water partition coefficient (Wildman–Crippen LogP) is 5.04. The number of benzene rings is 2. The quantitative estimate of drug-likeness (QED) is 0.294. The Balaban J connectivity index is 1.38. The van der Waals surface area contributed by atoms with Crippen LogP contribution in [-0.4, -0.2) is 61.6 Å². The van der Waals surface area contributed by atoms with Crippen LogP contribution < -0.4 is 5.32 Å². The lowest BCUT2D eigenvalue weighted by atomic mass is 10.0. The molecule has 0 aliphatic heterocycles. The summed E-state index contributed by atoms with van der Waals surface area (Å²) >= 11 is 0. The van der Waals surface area contributed by atoms with Crippen LogP contribution in [0.5, 0.6) is 0 Å². The molecule has 3 N–H and O–H groups in total. The number of rotatable bonds is 6. The van der Waals surface area contributed by atoms with E-state index in [0.717, 1.165) is 33.2 Å². The fraction of sp³-hybridized carbons (Fsp3) is 0.138. The van der Waals surface area contributed by atoms with Gasteiger partial charge in [-0.2, -0.15) is 5.10 Å². The van der Waals surface area contributed by atoms with Gasteiger partial charge in [-0.25, -0.2) is 9.97 Å². The van der Waals surface area contributed by atoms with Gasteiger partial charge in [-0.1, -0.05) is 42.0 Å². The largest absolute Gasteiger partial charge is 0.336 e. The summed E-state index contributed by atoms with van der Waals surface area (Å²) in [6.45, 7) is 2.37. The molecule has 2 aromatic carbocycles. The lowest BCUT2D eigenvalue weighted by molar-refractivity contribution is -0.116. The first-order valence-corrected chi connectivity index (χ1v) is 12.3. The first-order chi connectivity index (χ1) is 18.4. The number of H-pyrrole nitrogens is 2. The van der Waals surface area contributed by atoms with Gasteiger partial charge in [0.2, 0.25) is 5.91 Å². The molecule has 4 heterocycles. The van der Waals surface area contributed by atoms with Crippen molar-refractivity contribution in [3.8, 4) is 33.9 Å². The van der Waals surface area contributed by atoms with Crippen molar-refractivity contribution < 1.29 is 4.79 Å². The number of pyridine rings is 2. The summed E-state index contributed by atoms with van der Waals surface area (Å²) < 4.78 is 0. The maximum absolute atomic E-state index is 12.2. The number of nitrogens with zero attached hydrogens (tertiary/aromatic N) is 5. The number of aromatic nitrogens is 6. The molecule has 0 atom stereocenters. The van der Waals surface area contributed by atoms with Gasteiger partial charge in [-0.3, -0.25) is 14.9 Å². The number of hydrogen-bond donors (Lipinski definition) is 3. The Hall–Kier alpha value is -4.89. The van der Waals surface area contributed by atoms with E-state index >= 15 is 0 Å². The molecule has 6 rings (SSSR count). The number of para-hydroxylation sites is 1.